The Morgan fingerprint density at radius 1 is 1.15 bits per heavy atom. The zero-order valence-corrected chi connectivity index (χ0v) is 15.2. The first-order valence-corrected chi connectivity index (χ1v) is 9.71. The van der Waals surface area contributed by atoms with Crippen LogP contribution in [-0.2, 0) is 17.8 Å². The minimum Gasteiger partial charge on any atom is -0.356 e. The van der Waals surface area contributed by atoms with Crippen LogP contribution in [0.25, 0.3) is 0 Å². The summed E-state index contributed by atoms with van der Waals surface area (Å²) in [5.74, 6) is 0.110. The fraction of sp³-hybridized carbons (Fsp3) is 0.550. The van der Waals surface area contributed by atoms with Gasteiger partial charge in [-0.05, 0) is 43.0 Å². The van der Waals surface area contributed by atoms with Crippen molar-refractivity contribution in [1.29, 1.82) is 0 Å². The predicted octanol–water partition coefficient (Wildman–Crippen LogP) is 2.33. The van der Waals surface area contributed by atoms with E-state index in [4.69, 9.17) is 0 Å². The number of nitrogens with zero attached hydrogens (tertiary/aromatic N) is 4. The fourth-order valence-electron chi connectivity index (χ4n) is 4.30. The van der Waals surface area contributed by atoms with Crippen molar-refractivity contribution >= 4 is 5.91 Å². The van der Waals surface area contributed by atoms with E-state index in [1.54, 1.807) is 12.4 Å². The number of nitrogens with one attached hydrogen (secondary N) is 1. The molecule has 6 heteroatoms. The Bertz CT molecular complexity index is 723. The molecule has 26 heavy (non-hydrogen) atoms. The Hall–Kier alpha value is -2.21. The van der Waals surface area contributed by atoms with Gasteiger partial charge in [-0.2, -0.15) is 5.10 Å². The molecule has 0 bridgehead atoms. The van der Waals surface area contributed by atoms with E-state index < -0.39 is 0 Å². The Kier molecular flexibility index (Phi) is 5.29. The monoisotopic (exact) mass is 353 g/mol. The van der Waals surface area contributed by atoms with E-state index in [2.05, 4.69) is 31.0 Å². The summed E-state index contributed by atoms with van der Waals surface area (Å²) < 4.78 is 2.06. The van der Waals surface area contributed by atoms with Crippen molar-refractivity contribution in [3.05, 3.63) is 48.0 Å². The molecule has 0 saturated heterocycles. The maximum atomic E-state index is 12.5. The van der Waals surface area contributed by atoms with Gasteiger partial charge in [0.15, 0.2) is 0 Å². The van der Waals surface area contributed by atoms with Gasteiger partial charge in [0, 0.05) is 44.3 Å². The number of carbonyl (C=O) groups is 1. The Morgan fingerprint density at radius 2 is 1.96 bits per heavy atom. The maximum Gasteiger partial charge on any atom is 0.222 e. The van der Waals surface area contributed by atoms with Crippen molar-refractivity contribution in [1.82, 2.24) is 25.0 Å². The summed E-state index contributed by atoms with van der Waals surface area (Å²) in [7, 11) is 0. The molecular weight excluding hydrogens is 326 g/mol. The largest absolute Gasteiger partial charge is 0.356 e. The van der Waals surface area contributed by atoms with E-state index >= 15 is 0 Å². The van der Waals surface area contributed by atoms with E-state index in [9.17, 15) is 4.79 Å². The van der Waals surface area contributed by atoms with Crippen molar-refractivity contribution in [3.63, 3.8) is 0 Å². The quantitative estimate of drug-likeness (QED) is 0.866. The summed E-state index contributed by atoms with van der Waals surface area (Å²) in [4.78, 5) is 19.1. The first-order valence-electron chi connectivity index (χ1n) is 9.71. The lowest BCUT2D eigenvalue weighted by Gasteiger charge is -2.37. The zero-order chi connectivity index (χ0) is 17.8. The molecule has 1 aliphatic heterocycles. The number of aromatic nitrogens is 3. The number of fused-ring (bicyclic) bond motifs is 1. The third kappa shape index (κ3) is 3.96. The van der Waals surface area contributed by atoms with Gasteiger partial charge in [-0.25, -0.2) is 0 Å². The Balaban J connectivity index is 1.33. The van der Waals surface area contributed by atoms with Gasteiger partial charge in [0.2, 0.25) is 5.91 Å². The fourth-order valence-corrected chi connectivity index (χ4v) is 4.30. The molecule has 1 saturated carbocycles. The van der Waals surface area contributed by atoms with E-state index in [0.717, 1.165) is 19.5 Å². The molecule has 2 aromatic heterocycles. The second-order valence-corrected chi connectivity index (χ2v) is 7.45. The summed E-state index contributed by atoms with van der Waals surface area (Å²) in [6.07, 6.45) is 12.0. The first-order chi connectivity index (χ1) is 12.8. The number of hydrogen-bond donors (Lipinski definition) is 1. The standard InChI is InChI=1S/C20H27N5O/c26-20(22-11-7-16-5-9-21-10-6-16)13-19-15-24(17-3-1-2-4-17)14-18-8-12-23-25(18)19/h5-6,8-10,12,17,19H,1-4,7,11,13-15H2,(H,22,26)/t19-/m0/s1. The van der Waals surface area contributed by atoms with Crippen LogP contribution in [0.1, 0.15) is 49.4 Å². The molecule has 6 nitrogen and oxygen atoms in total. The molecule has 2 aliphatic rings. The van der Waals surface area contributed by atoms with Crippen LogP contribution in [0.15, 0.2) is 36.8 Å². The van der Waals surface area contributed by atoms with Crippen LogP contribution in [0, 0.1) is 0 Å². The highest BCUT2D eigenvalue weighted by atomic mass is 16.1. The number of amides is 1. The van der Waals surface area contributed by atoms with Crippen molar-refractivity contribution < 1.29 is 4.79 Å². The zero-order valence-electron chi connectivity index (χ0n) is 15.2. The van der Waals surface area contributed by atoms with Gasteiger partial charge in [0.1, 0.15) is 0 Å². The Morgan fingerprint density at radius 3 is 2.77 bits per heavy atom. The van der Waals surface area contributed by atoms with Gasteiger partial charge < -0.3 is 5.32 Å². The average Bonchev–Trinajstić information content (AvgIpc) is 3.34. The molecule has 138 valence electrons. The maximum absolute atomic E-state index is 12.5. The van der Waals surface area contributed by atoms with Crippen LogP contribution in [0.3, 0.4) is 0 Å². The van der Waals surface area contributed by atoms with Crippen molar-refractivity contribution in [2.75, 3.05) is 13.1 Å². The highest BCUT2D eigenvalue weighted by Gasteiger charge is 2.32. The Labute approximate surface area is 154 Å². The third-order valence-electron chi connectivity index (χ3n) is 5.66. The molecular formula is C20H27N5O. The molecule has 1 amide bonds. The van der Waals surface area contributed by atoms with Gasteiger partial charge in [-0.3, -0.25) is 19.4 Å². The molecule has 1 fully saturated rings. The topological polar surface area (TPSA) is 63.1 Å². The van der Waals surface area contributed by atoms with Crippen LogP contribution < -0.4 is 5.32 Å². The van der Waals surface area contributed by atoms with Crippen molar-refractivity contribution in [3.8, 4) is 0 Å². The molecule has 1 N–H and O–H groups in total. The average molecular weight is 353 g/mol. The summed E-state index contributed by atoms with van der Waals surface area (Å²) in [6, 6.07) is 6.88. The minimum absolute atomic E-state index is 0.110. The van der Waals surface area contributed by atoms with Crippen LogP contribution in [0.2, 0.25) is 0 Å². The molecule has 1 aliphatic carbocycles. The molecule has 0 spiro atoms. The summed E-state index contributed by atoms with van der Waals surface area (Å²) >= 11 is 0. The number of hydrogen-bond acceptors (Lipinski definition) is 4. The van der Waals surface area contributed by atoms with Gasteiger partial charge in [-0.15, -0.1) is 0 Å². The lowest BCUT2D eigenvalue weighted by molar-refractivity contribution is -0.122. The predicted molar refractivity (Wildman–Crippen MR) is 99.5 cm³/mol. The van der Waals surface area contributed by atoms with Crippen molar-refractivity contribution in [2.24, 2.45) is 0 Å². The van der Waals surface area contributed by atoms with Gasteiger partial charge in [0.25, 0.3) is 0 Å². The highest BCUT2D eigenvalue weighted by Crippen LogP contribution is 2.30. The van der Waals surface area contributed by atoms with Crippen LogP contribution in [-0.4, -0.2) is 44.7 Å². The second-order valence-electron chi connectivity index (χ2n) is 7.45. The molecule has 4 rings (SSSR count). The molecule has 1 atom stereocenters. The van der Waals surface area contributed by atoms with Crippen LogP contribution >= 0.6 is 0 Å². The molecule has 0 radical (unpaired) electrons. The summed E-state index contributed by atoms with van der Waals surface area (Å²) in [6.45, 7) is 2.55. The van der Waals surface area contributed by atoms with Crippen molar-refractivity contribution in [2.45, 2.75) is 57.2 Å². The normalized spacial score (nSPS) is 20.8. The first kappa shape index (κ1) is 17.2. The number of pyridine rings is 1. The smallest absolute Gasteiger partial charge is 0.222 e. The van der Waals surface area contributed by atoms with Crippen LogP contribution in [0.5, 0.6) is 0 Å². The van der Waals surface area contributed by atoms with E-state index in [0.29, 0.717) is 19.0 Å². The third-order valence-corrected chi connectivity index (χ3v) is 5.66. The highest BCUT2D eigenvalue weighted by molar-refractivity contribution is 5.76. The van der Waals surface area contributed by atoms with E-state index in [-0.39, 0.29) is 11.9 Å². The molecule has 0 aromatic carbocycles. The second kappa shape index (κ2) is 7.99. The number of carbonyl (C=O) groups excluding carboxylic acids is 1. The number of rotatable bonds is 6. The van der Waals surface area contributed by atoms with E-state index in [1.807, 2.05) is 18.3 Å². The molecule has 2 aromatic rings. The van der Waals surface area contributed by atoms with Crippen LogP contribution in [0.4, 0.5) is 0 Å². The molecule has 3 heterocycles. The summed E-state index contributed by atoms with van der Waals surface area (Å²) in [5.41, 5.74) is 2.43. The van der Waals surface area contributed by atoms with Gasteiger partial charge in [-0.1, -0.05) is 12.8 Å². The lowest BCUT2D eigenvalue weighted by Crippen LogP contribution is -2.44. The minimum atomic E-state index is 0.110. The van der Waals surface area contributed by atoms with Gasteiger partial charge >= 0.3 is 0 Å². The molecule has 0 unspecified atom stereocenters. The lowest BCUT2D eigenvalue weighted by atomic mass is 10.1. The van der Waals surface area contributed by atoms with Gasteiger partial charge in [0.05, 0.1) is 18.2 Å². The summed E-state index contributed by atoms with van der Waals surface area (Å²) in [5, 5.41) is 7.55. The van der Waals surface area contributed by atoms with E-state index in [1.165, 1.54) is 36.9 Å². The SMILES string of the molecule is O=C(C[C@H]1CN(C2CCCC2)Cc2ccnn21)NCCc1ccncc1.